The number of hydrogen-bond donors (Lipinski definition) is 3. The monoisotopic (exact) mass is 399 g/mol. The molecule has 3 N–H and O–H groups in total. The summed E-state index contributed by atoms with van der Waals surface area (Å²) in [5, 5.41) is 5.18. The molecule has 0 saturated carbocycles. The minimum Gasteiger partial charge on any atom is -0.351 e. The number of piperazine rings is 1. The molecule has 1 amide bonds. The summed E-state index contributed by atoms with van der Waals surface area (Å²) in [6, 6.07) is 8.31. The first-order valence-corrected chi connectivity index (χ1v) is 10.9. The molecular formula is C18H26ClN3OS2+2. The average Bonchev–Trinajstić information content (AvgIpc) is 3.27. The molecule has 0 spiro atoms. The van der Waals surface area contributed by atoms with Crippen molar-refractivity contribution in [2.75, 3.05) is 32.7 Å². The molecule has 0 aromatic carbocycles. The average molecular weight is 400 g/mol. The van der Waals surface area contributed by atoms with Crippen LogP contribution in [-0.4, -0.2) is 44.7 Å². The van der Waals surface area contributed by atoms with Gasteiger partial charge in [0.25, 0.3) is 5.91 Å². The van der Waals surface area contributed by atoms with Gasteiger partial charge in [0.2, 0.25) is 0 Å². The Morgan fingerprint density at radius 2 is 2.04 bits per heavy atom. The van der Waals surface area contributed by atoms with Crippen molar-refractivity contribution in [1.29, 1.82) is 0 Å². The Hall–Kier alpha value is -0.920. The first-order chi connectivity index (χ1) is 12.1. The van der Waals surface area contributed by atoms with Crippen LogP contribution >= 0.6 is 34.3 Å². The minimum absolute atomic E-state index is 0.0288. The fraction of sp³-hybridized carbons (Fsp3) is 0.500. The fourth-order valence-electron chi connectivity index (χ4n) is 3.33. The van der Waals surface area contributed by atoms with E-state index in [4.69, 9.17) is 11.6 Å². The third-order valence-corrected chi connectivity index (χ3v) is 7.08. The Morgan fingerprint density at radius 3 is 2.68 bits per heavy atom. The standard InChI is InChI=1S/C18H24ClN3OS2/c1-14(18(23)20-7-6-15-3-2-12-24-15)22-10-8-21(9-11-22)13-16-4-5-17(19)25-16/h2-5,12,14H,6-11,13H2,1H3,(H,20,23)/p+2/t14-/m0/s1. The van der Waals surface area contributed by atoms with Gasteiger partial charge in [0.15, 0.2) is 6.04 Å². The van der Waals surface area contributed by atoms with Gasteiger partial charge in [0, 0.05) is 11.4 Å². The highest BCUT2D eigenvalue weighted by Gasteiger charge is 2.30. The lowest BCUT2D eigenvalue weighted by Crippen LogP contribution is -3.29. The van der Waals surface area contributed by atoms with E-state index in [1.54, 1.807) is 27.6 Å². The lowest BCUT2D eigenvalue weighted by atomic mass is 10.2. The van der Waals surface area contributed by atoms with Crippen LogP contribution in [0.4, 0.5) is 0 Å². The Balaban J connectivity index is 1.38. The van der Waals surface area contributed by atoms with Gasteiger partial charge >= 0.3 is 0 Å². The first-order valence-electron chi connectivity index (χ1n) is 8.84. The largest absolute Gasteiger partial charge is 0.351 e. The highest BCUT2D eigenvalue weighted by molar-refractivity contribution is 7.16. The number of hydrogen-bond acceptors (Lipinski definition) is 3. The molecule has 1 atom stereocenters. The van der Waals surface area contributed by atoms with Crippen LogP contribution < -0.4 is 15.1 Å². The molecule has 3 heterocycles. The van der Waals surface area contributed by atoms with Crippen LogP contribution in [0, 0.1) is 0 Å². The molecule has 0 bridgehead atoms. The highest BCUT2D eigenvalue weighted by atomic mass is 35.5. The second-order valence-electron chi connectivity index (χ2n) is 6.63. The van der Waals surface area contributed by atoms with Crippen molar-refractivity contribution in [3.63, 3.8) is 0 Å². The van der Waals surface area contributed by atoms with E-state index in [-0.39, 0.29) is 11.9 Å². The van der Waals surface area contributed by atoms with Gasteiger partial charge in [-0.25, -0.2) is 0 Å². The molecule has 0 unspecified atom stereocenters. The van der Waals surface area contributed by atoms with Crippen molar-refractivity contribution < 1.29 is 14.6 Å². The number of nitrogens with one attached hydrogen (secondary N) is 3. The zero-order chi connectivity index (χ0) is 17.6. The molecule has 1 saturated heterocycles. The van der Waals surface area contributed by atoms with Crippen molar-refractivity contribution in [2.45, 2.75) is 25.9 Å². The van der Waals surface area contributed by atoms with E-state index < -0.39 is 0 Å². The van der Waals surface area contributed by atoms with Gasteiger partial charge in [-0.2, -0.15) is 0 Å². The molecular weight excluding hydrogens is 374 g/mol. The lowest BCUT2D eigenvalue weighted by Gasteiger charge is -2.32. The number of carbonyl (C=O) groups excluding carboxylic acids is 1. The third kappa shape index (κ3) is 5.53. The zero-order valence-corrected chi connectivity index (χ0v) is 16.9. The Kier molecular flexibility index (Phi) is 6.90. The van der Waals surface area contributed by atoms with E-state index in [1.807, 2.05) is 6.07 Å². The number of rotatable bonds is 7. The summed E-state index contributed by atoms with van der Waals surface area (Å²) in [5.74, 6) is 0.181. The molecule has 136 valence electrons. The molecule has 1 fully saturated rings. The van der Waals surface area contributed by atoms with Gasteiger partial charge in [-0.15, -0.1) is 22.7 Å². The zero-order valence-electron chi connectivity index (χ0n) is 14.5. The molecule has 4 nitrogen and oxygen atoms in total. The van der Waals surface area contributed by atoms with Crippen LogP contribution in [0.5, 0.6) is 0 Å². The maximum Gasteiger partial charge on any atom is 0.278 e. The minimum atomic E-state index is 0.0288. The predicted molar refractivity (Wildman–Crippen MR) is 105 cm³/mol. The van der Waals surface area contributed by atoms with E-state index in [1.165, 1.54) is 14.7 Å². The van der Waals surface area contributed by atoms with Crippen LogP contribution in [0.25, 0.3) is 0 Å². The summed E-state index contributed by atoms with van der Waals surface area (Å²) in [5.41, 5.74) is 0. The fourth-order valence-corrected chi connectivity index (χ4v) is 5.20. The Bertz CT molecular complexity index is 666. The van der Waals surface area contributed by atoms with Gasteiger partial charge in [0.1, 0.15) is 32.7 Å². The van der Waals surface area contributed by atoms with E-state index >= 15 is 0 Å². The topological polar surface area (TPSA) is 38.0 Å². The van der Waals surface area contributed by atoms with E-state index in [9.17, 15) is 4.79 Å². The van der Waals surface area contributed by atoms with Crippen molar-refractivity contribution in [1.82, 2.24) is 5.32 Å². The van der Waals surface area contributed by atoms with Crippen molar-refractivity contribution >= 4 is 40.2 Å². The van der Waals surface area contributed by atoms with E-state index in [2.05, 4.69) is 35.8 Å². The summed E-state index contributed by atoms with van der Waals surface area (Å²) in [6.45, 7) is 8.15. The lowest BCUT2D eigenvalue weighted by molar-refractivity contribution is -1.02. The summed E-state index contributed by atoms with van der Waals surface area (Å²) in [6.07, 6.45) is 0.923. The second kappa shape index (κ2) is 9.14. The third-order valence-electron chi connectivity index (χ3n) is 4.91. The molecule has 1 aliphatic rings. The van der Waals surface area contributed by atoms with Crippen LogP contribution in [0.2, 0.25) is 4.34 Å². The Labute approximate surface area is 162 Å². The van der Waals surface area contributed by atoms with Crippen molar-refractivity contribution in [2.24, 2.45) is 0 Å². The quantitative estimate of drug-likeness (QED) is 0.623. The van der Waals surface area contributed by atoms with Gasteiger partial charge < -0.3 is 15.1 Å². The smallest absolute Gasteiger partial charge is 0.278 e. The Morgan fingerprint density at radius 1 is 1.24 bits per heavy atom. The van der Waals surface area contributed by atoms with Gasteiger partial charge in [-0.3, -0.25) is 4.79 Å². The predicted octanol–water partition coefficient (Wildman–Crippen LogP) is 0.494. The number of quaternary nitrogens is 2. The summed E-state index contributed by atoms with van der Waals surface area (Å²) >= 11 is 9.44. The molecule has 7 heteroatoms. The van der Waals surface area contributed by atoms with Gasteiger partial charge in [-0.05, 0) is 36.9 Å². The van der Waals surface area contributed by atoms with Crippen LogP contribution in [0.3, 0.4) is 0 Å². The number of amides is 1. The maximum atomic E-state index is 12.4. The van der Waals surface area contributed by atoms with Crippen LogP contribution in [0.15, 0.2) is 29.6 Å². The summed E-state index contributed by atoms with van der Waals surface area (Å²) < 4.78 is 0.867. The molecule has 3 rings (SSSR count). The second-order valence-corrected chi connectivity index (χ2v) is 9.46. The summed E-state index contributed by atoms with van der Waals surface area (Å²) in [7, 11) is 0. The molecule has 2 aromatic rings. The molecule has 25 heavy (non-hydrogen) atoms. The van der Waals surface area contributed by atoms with Crippen LogP contribution in [-0.2, 0) is 17.8 Å². The number of thiophene rings is 2. The van der Waals surface area contributed by atoms with Gasteiger partial charge in [0.05, 0.1) is 9.21 Å². The highest BCUT2D eigenvalue weighted by Crippen LogP contribution is 2.20. The van der Waals surface area contributed by atoms with E-state index in [0.29, 0.717) is 0 Å². The molecule has 1 aliphatic heterocycles. The normalized spacial score (nSPS) is 21.8. The first kappa shape index (κ1) is 18.9. The molecule has 0 aliphatic carbocycles. The number of carbonyl (C=O) groups is 1. The molecule has 2 aromatic heterocycles. The maximum absolute atomic E-state index is 12.4. The van der Waals surface area contributed by atoms with E-state index in [0.717, 1.165) is 50.0 Å². The van der Waals surface area contributed by atoms with Gasteiger partial charge in [-0.1, -0.05) is 17.7 Å². The summed E-state index contributed by atoms with van der Waals surface area (Å²) in [4.78, 5) is 18.1. The van der Waals surface area contributed by atoms with Crippen molar-refractivity contribution in [3.05, 3.63) is 43.7 Å². The van der Waals surface area contributed by atoms with Crippen LogP contribution in [0.1, 0.15) is 16.7 Å². The number of halogens is 1. The SMILES string of the molecule is C[C@@H](C(=O)NCCc1cccs1)[NH+]1CC[NH+](Cc2ccc(Cl)s2)CC1. The molecule has 0 radical (unpaired) electrons. The van der Waals surface area contributed by atoms with Crippen molar-refractivity contribution in [3.8, 4) is 0 Å².